The van der Waals surface area contributed by atoms with Crippen LogP contribution < -0.4 is 5.32 Å². The average Bonchev–Trinajstić information content (AvgIpc) is 3.25. The van der Waals surface area contributed by atoms with E-state index in [1.54, 1.807) is 22.7 Å². The zero-order chi connectivity index (χ0) is 17.6. The van der Waals surface area contributed by atoms with Crippen LogP contribution in [0.25, 0.3) is 0 Å². The van der Waals surface area contributed by atoms with Crippen LogP contribution in [0.4, 0.5) is 0 Å². The van der Waals surface area contributed by atoms with Gasteiger partial charge in [-0.3, -0.25) is 9.89 Å². The molecule has 5 nitrogen and oxygen atoms in total. The van der Waals surface area contributed by atoms with Crippen molar-refractivity contribution in [1.82, 2.24) is 20.1 Å². The fourth-order valence-electron chi connectivity index (χ4n) is 2.87. The zero-order valence-corrected chi connectivity index (χ0v) is 19.8. The molecule has 9 heteroatoms. The molecule has 0 unspecified atom stereocenters. The van der Waals surface area contributed by atoms with Crippen LogP contribution in [0, 0.1) is 0 Å². The average molecular weight is 526 g/mol. The van der Waals surface area contributed by atoms with Gasteiger partial charge in [-0.25, -0.2) is 4.98 Å². The summed E-state index contributed by atoms with van der Waals surface area (Å²) in [6, 6.07) is 4.10. The fourth-order valence-corrected chi connectivity index (χ4v) is 4.74. The monoisotopic (exact) mass is 525 g/mol. The first-order valence-electron chi connectivity index (χ1n) is 8.53. The number of piperazine rings is 1. The first kappa shape index (κ1) is 21.9. The number of aliphatic imine (C=N–C) groups is 1. The van der Waals surface area contributed by atoms with Crippen molar-refractivity contribution in [3.8, 4) is 0 Å². The van der Waals surface area contributed by atoms with E-state index in [4.69, 9.17) is 11.6 Å². The molecular formula is C17H25ClIN5S2. The quantitative estimate of drug-likeness (QED) is 0.365. The predicted molar refractivity (Wildman–Crippen MR) is 123 cm³/mol. The summed E-state index contributed by atoms with van der Waals surface area (Å²) in [4.78, 5) is 15.2. The molecule has 3 heterocycles. The summed E-state index contributed by atoms with van der Waals surface area (Å²) >= 11 is 9.42. The Balaban J connectivity index is 0.00000243. The molecule has 144 valence electrons. The summed E-state index contributed by atoms with van der Waals surface area (Å²) in [5.41, 5.74) is 1.09. The largest absolute Gasteiger partial charge is 0.351 e. The maximum Gasteiger partial charge on any atom is 0.194 e. The third-order valence-electron chi connectivity index (χ3n) is 4.22. The molecule has 0 atom stereocenters. The highest BCUT2D eigenvalue weighted by atomic mass is 127. The van der Waals surface area contributed by atoms with Gasteiger partial charge in [0, 0.05) is 50.0 Å². The molecule has 1 N–H and O–H groups in total. The summed E-state index contributed by atoms with van der Waals surface area (Å²) in [5.74, 6) is 0.963. The van der Waals surface area contributed by atoms with Gasteiger partial charge in [0.2, 0.25) is 0 Å². The van der Waals surface area contributed by atoms with E-state index in [2.05, 4.69) is 43.5 Å². The summed E-state index contributed by atoms with van der Waals surface area (Å²) in [6.07, 6.45) is 0.997. The number of halogens is 2. The van der Waals surface area contributed by atoms with Crippen LogP contribution in [0.1, 0.15) is 22.5 Å². The lowest BCUT2D eigenvalue weighted by Gasteiger charge is -2.36. The van der Waals surface area contributed by atoms with Crippen LogP contribution in [0.3, 0.4) is 0 Å². The van der Waals surface area contributed by atoms with E-state index >= 15 is 0 Å². The van der Waals surface area contributed by atoms with Gasteiger partial charge in [-0.2, -0.15) is 0 Å². The van der Waals surface area contributed by atoms with E-state index in [9.17, 15) is 0 Å². The molecule has 0 aliphatic carbocycles. The van der Waals surface area contributed by atoms with E-state index in [0.717, 1.165) is 61.7 Å². The lowest BCUT2D eigenvalue weighted by molar-refractivity contribution is 0.173. The van der Waals surface area contributed by atoms with Crippen LogP contribution in [0.2, 0.25) is 4.34 Å². The third kappa shape index (κ3) is 6.05. The van der Waals surface area contributed by atoms with Crippen LogP contribution in [-0.2, 0) is 19.5 Å². The van der Waals surface area contributed by atoms with Crippen LogP contribution in [-0.4, -0.2) is 54.0 Å². The Labute approximate surface area is 185 Å². The minimum atomic E-state index is 0. The van der Waals surface area contributed by atoms with Gasteiger partial charge >= 0.3 is 0 Å². The molecular weight excluding hydrogens is 501 g/mol. The van der Waals surface area contributed by atoms with E-state index in [-0.39, 0.29) is 24.0 Å². The van der Waals surface area contributed by atoms with Gasteiger partial charge in [0.05, 0.1) is 21.6 Å². The van der Waals surface area contributed by atoms with Crippen LogP contribution >= 0.6 is 58.3 Å². The highest BCUT2D eigenvalue weighted by Crippen LogP contribution is 2.23. The van der Waals surface area contributed by atoms with Gasteiger partial charge < -0.3 is 10.2 Å². The highest BCUT2D eigenvalue weighted by Gasteiger charge is 2.20. The molecule has 0 spiro atoms. The maximum atomic E-state index is 6.02. The fraction of sp³-hybridized carbons (Fsp3) is 0.529. The summed E-state index contributed by atoms with van der Waals surface area (Å²) < 4.78 is 0.867. The Morgan fingerprint density at radius 2 is 2.08 bits per heavy atom. The molecule has 0 saturated carbocycles. The Hall–Kier alpha value is -0.420. The van der Waals surface area contributed by atoms with Gasteiger partial charge in [-0.15, -0.1) is 46.7 Å². The van der Waals surface area contributed by atoms with Crippen LogP contribution in [0.5, 0.6) is 0 Å². The van der Waals surface area contributed by atoms with Gasteiger partial charge in [-0.1, -0.05) is 18.5 Å². The molecule has 26 heavy (non-hydrogen) atoms. The van der Waals surface area contributed by atoms with E-state index < -0.39 is 0 Å². The van der Waals surface area contributed by atoms with Crippen molar-refractivity contribution >= 4 is 64.2 Å². The minimum absolute atomic E-state index is 0. The first-order chi connectivity index (χ1) is 12.2. The lowest BCUT2D eigenvalue weighted by Crippen LogP contribution is -2.52. The van der Waals surface area contributed by atoms with Crippen LogP contribution in [0.15, 0.2) is 22.5 Å². The second kappa shape index (κ2) is 10.8. The second-order valence-electron chi connectivity index (χ2n) is 5.96. The van der Waals surface area contributed by atoms with Crippen molar-refractivity contribution in [3.63, 3.8) is 0 Å². The third-order valence-corrected chi connectivity index (χ3v) is 6.48. The highest BCUT2D eigenvalue weighted by molar-refractivity contribution is 14.0. The maximum absolute atomic E-state index is 6.02. The van der Waals surface area contributed by atoms with E-state index in [0.29, 0.717) is 0 Å². The van der Waals surface area contributed by atoms with Gasteiger partial charge in [-0.05, 0) is 18.6 Å². The molecule has 3 rings (SSSR count). The standard InChI is InChI=1S/C17H24ClN5S2.HI/c1-3-16-21-13(12-24-16)10-20-17(19-2)23-8-6-22(7-9-23)11-14-4-5-15(18)25-14;/h4-5,12H,3,6-11H2,1-2H3,(H,19,20);1H. The van der Waals surface area contributed by atoms with E-state index in [1.807, 2.05) is 13.1 Å². The number of nitrogens with one attached hydrogen (secondary N) is 1. The normalized spacial score (nSPS) is 15.8. The van der Waals surface area contributed by atoms with Gasteiger partial charge in [0.25, 0.3) is 0 Å². The topological polar surface area (TPSA) is 43.8 Å². The molecule has 0 radical (unpaired) electrons. The molecule has 1 aliphatic rings. The number of aryl methyl sites for hydroxylation is 1. The van der Waals surface area contributed by atoms with Crippen molar-refractivity contribution < 1.29 is 0 Å². The van der Waals surface area contributed by atoms with Gasteiger partial charge in [0.15, 0.2) is 5.96 Å². The zero-order valence-electron chi connectivity index (χ0n) is 15.1. The number of rotatable bonds is 5. The Kier molecular flexibility index (Phi) is 9.08. The van der Waals surface area contributed by atoms with Crippen molar-refractivity contribution in [2.24, 2.45) is 4.99 Å². The van der Waals surface area contributed by atoms with Crippen molar-refractivity contribution in [3.05, 3.63) is 37.4 Å². The lowest BCUT2D eigenvalue weighted by atomic mass is 10.3. The molecule has 1 fully saturated rings. The number of hydrogen-bond acceptors (Lipinski definition) is 5. The molecule has 0 bridgehead atoms. The first-order valence-corrected chi connectivity index (χ1v) is 10.6. The van der Waals surface area contributed by atoms with Crippen molar-refractivity contribution in [2.45, 2.75) is 26.4 Å². The summed E-state index contributed by atoms with van der Waals surface area (Å²) in [5, 5.41) is 6.76. The summed E-state index contributed by atoms with van der Waals surface area (Å²) in [6.45, 7) is 7.89. The van der Waals surface area contributed by atoms with Crippen molar-refractivity contribution in [1.29, 1.82) is 0 Å². The molecule has 1 saturated heterocycles. The number of thiazole rings is 1. The molecule has 2 aromatic rings. The Morgan fingerprint density at radius 3 is 2.65 bits per heavy atom. The number of thiophene rings is 1. The Bertz CT molecular complexity index is 710. The smallest absolute Gasteiger partial charge is 0.194 e. The molecule has 1 aliphatic heterocycles. The number of nitrogens with zero attached hydrogens (tertiary/aromatic N) is 4. The predicted octanol–water partition coefficient (Wildman–Crippen LogP) is 3.93. The molecule has 2 aromatic heterocycles. The minimum Gasteiger partial charge on any atom is -0.351 e. The van der Waals surface area contributed by atoms with E-state index in [1.165, 1.54) is 9.88 Å². The number of aromatic nitrogens is 1. The number of guanidine groups is 1. The SMILES string of the molecule is CCc1nc(CNC(=NC)N2CCN(Cc3ccc(Cl)s3)CC2)cs1.I. The number of hydrogen-bond donors (Lipinski definition) is 1. The van der Waals surface area contributed by atoms with Gasteiger partial charge in [0.1, 0.15) is 0 Å². The Morgan fingerprint density at radius 1 is 1.31 bits per heavy atom. The van der Waals surface area contributed by atoms with Crippen molar-refractivity contribution in [2.75, 3.05) is 33.2 Å². The molecule has 0 aromatic carbocycles. The summed E-state index contributed by atoms with van der Waals surface area (Å²) in [7, 11) is 1.85. The second-order valence-corrected chi connectivity index (χ2v) is 8.70. The molecule has 0 amide bonds.